The molecule has 0 spiro atoms. The smallest absolute Gasteiger partial charge is 0.256 e. The van der Waals surface area contributed by atoms with Crippen molar-refractivity contribution in [1.82, 2.24) is 30.2 Å². The molecule has 5 rings (SSSR count). The molecular formula is C24H34N6O2. The van der Waals surface area contributed by atoms with Gasteiger partial charge in [-0.3, -0.25) is 9.59 Å². The Labute approximate surface area is 189 Å². The molecule has 2 amide bonds. The summed E-state index contributed by atoms with van der Waals surface area (Å²) in [6.07, 6.45) is 11.6. The molecule has 32 heavy (non-hydrogen) atoms. The molecule has 172 valence electrons. The first-order chi connectivity index (χ1) is 15.2. The lowest BCUT2D eigenvalue weighted by Crippen LogP contribution is -2.50. The molecule has 3 saturated carbocycles. The Morgan fingerprint density at radius 2 is 1.97 bits per heavy atom. The topological polar surface area (TPSA) is 93.8 Å². The molecule has 2 heterocycles. The Hall–Kier alpha value is -2.64. The van der Waals surface area contributed by atoms with Crippen molar-refractivity contribution in [2.45, 2.75) is 83.3 Å². The fourth-order valence-electron chi connectivity index (χ4n) is 6.72. The summed E-state index contributed by atoms with van der Waals surface area (Å²) in [4.78, 5) is 25.4. The standard InChI is InChI=1S/C24H34N6O2/c1-15(31)28-24-11-16-6-7-20(18(13-24)17(10-16)12-24)27-21(32)19-14-26-30(23(2,3)4)22(19)29-9-5-8-25-29/h5,8-9,14,16-18,20H,6-7,10-13H2,1-4H3,(H,27,32)(H,28,31). The molecule has 5 unspecified atom stereocenters. The summed E-state index contributed by atoms with van der Waals surface area (Å²) in [5.74, 6) is 2.26. The molecule has 0 radical (unpaired) electrons. The van der Waals surface area contributed by atoms with Crippen LogP contribution in [-0.4, -0.2) is 43.0 Å². The van der Waals surface area contributed by atoms with Gasteiger partial charge in [0.05, 0.1) is 11.7 Å². The highest BCUT2D eigenvalue weighted by Gasteiger charge is 2.54. The first-order valence-electron chi connectivity index (χ1n) is 11.8. The average Bonchev–Trinajstić information content (AvgIpc) is 3.39. The Kier molecular flexibility index (Phi) is 4.94. The molecule has 8 nitrogen and oxygen atoms in total. The SMILES string of the molecule is CC(=O)NC12CC3CCC(NC(=O)c4cnn(C(C)(C)C)c4-n4cccn4)C(C1)C(C3)C2. The minimum absolute atomic E-state index is 0.0599. The quantitative estimate of drug-likeness (QED) is 0.767. The molecule has 3 aliphatic carbocycles. The van der Waals surface area contributed by atoms with Gasteiger partial charge in [-0.25, -0.2) is 9.36 Å². The molecular weight excluding hydrogens is 404 g/mol. The molecule has 3 fully saturated rings. The number of nitrogens with zero attached hydrogens (tertiary/aromatic N) is 4. The number of hydrogen-bond donors (Lipinski definition) is 2. The van der Waals surface area contributed by atoms with Crippen LogP contribution in [0.15, 0.2) is 24.7 Å². The molecule has 3 bridgehead atoms. The lowest BCUT2D eigenvalue weighted by atomic mass is 9.75. The molecule has 2 aromatic heterocycles. The molecule has 8 heteroatoms. The zero-order chi connectivity index (χ0) is 22.7. The second-order valence-corrected chi connectivity index (χ2v) is 11.2. The van der Waals surface area contributed by atoms with Gasteiger partial charge in [0.2, 0.25) is 5.91 Å². The van der Waals surface area contributed by atoms with Crippen LogP contribution in [0.1, 0.15) is 76.6 Å². The van der Waals surface area contributed by atoms with Crippen LogP contribution < -0.4 is 10.6 Å². The molecule has 2 aromatic rings. The summed E-state index contributed by atoms with van der Waals surface area (Å²) in [6.45, 7) is 7.82. The van der Waals surface area contributed by atoms with E-state index in [1.54, 1.807) is 24.0 Å². The summed E-state index contributed by atoms with van der Waals surface area (Å²) < 4.78 is 3.58. The van der Waals surface area contributed by atoms with E-state index in [1.165, 1.54) is 6.42 Å². The number of carbonyl (C=O) groups excluding carboxylic acids is 2. The Morgan fingerprint density at radius 1 is 1.16 bits per heavy atom. The van der Waals surface area contributed by atoms with Gasteiger partial charge in [0, 0.05) is 30.9 Å². The summed E-state index contributed by atoms with van der Waals surface area (Å²) in [7, 11) is 0. The number of fused-ring (bicyclic) bond motifs is 2. The largest absolute Gasteiger partial charge is 0.351 e. The van der Waals surface area contributed by atoms with E-state index in [0.29, 0.717) is 29.1 Å². The number of aromatic nitrogens is 4. The number of rotatable bonds is 4. The second kappa shape index (κ2) is 7.46. The zero-order valence-electron chi connectivity index (χ0n) is 19.5. The maximum absolute atomic E-state index is 13.5. The van der Waals surface area contributed by atoms with Crippen molar-refractivity contribution >= 4 is 11.8 Å². The van der Waals surface area contributed by atoms with Gasteiger partial charge in [0.25, 0.3) is 5.91 Å². The van der Waals surface area contributed by atoms with Crippen LogP contribution in [0.25, 0.3) is 5.82 Å². The van der Waals surface area contributed by atoms with Gasteiger partial charge in [-0.15, -0.1) is 0 Å². The third kappa shape index (κ3) is 3.63. The Balaban J connectivity index is 1.42. The van der Waals surface area contributed by atoms with Gasteiger partial charge in [-0.05, 0) is 83.1 Å². The highest BCUT2D eigenvalue weighted by Crippen LogP contribution is 2.55. The number of hydrogen-bond acceptors (Lipinski definition) is 4. The lowest BCUT2D eigenvalue weighted by Gasteiger charge is -2.38. The van der Waals surface area contributed by atoms with Crippen molar-refractivity contribution in [3.63, 3.8) is 0 Å². The summed E-state index contributed by atoms with van der Waals surface area (Å²) in [5.41, 5.74) is 0.180. The predicted octanol–water partition coefficient (Wildman–Crippen LogP) is 3.03. The summed E-state index contributed by atoms with van der Waals surface area (Å²) >= 11 is 0. The molecule has 0 saturated heterocycles. The van der Waals surface area contributed by atoms with E-state index < -0.39 is 0 Å². The summed E-state index contributed by atoms with van der Waals surface area (Å²) in [6, 6.07) is 1.97. The van der Waals surface area contributed by atoms with Crippen LogP contribution in [0.3, 0.4) is 0 Å². The minimum Gasteiger partial charge on any atom is -0.351 e. The van der Waals surface area contributed by atoms with Crippen LogP contribution in [-0.2, 0) is 10.3 Å². The summed E-state index contributed by atoms with van der Waals surface area (Å²) in [5, 5.41) is 15.6. The average molecular weight is 439 g/mol. The first kappa shape index (κ1) is 21.2. The minimum atomic E-state index is -0.287. The van der Waals surface area contributed by atoms with E-state index >= 15 is 0 Å². The van der Waals surface area contributed by atoms with Crippen molar-refractivity contribution in [2.75, 3.05) is 0 Å². The van der Waals surface area contributed by atoms with Gasteiger partial charge in [-0.2, -0.15) is 10.2 Å². The Morgan fingerprint density at radius 3 is 2.66 bits per heavy atom. The highest BCUT2D eigenvalue weighted by atomic mass is 16.2. The van der Waals surface area contributed by atoms with Crippen LogP contribution in [0, 0.1) is 17.8 Å². The van der Waals surface area contributed by atoms with Crippen molar-refractivity contribution in [3.8, 4) is 5.82 Å². The van der Waals surface area contributed by atoms with Crippen molar-refractivity contribution in [3.05, 3.63) is 30.2 Å². The third-order valence-corrected chi connectivity index (χ3v) is 7.71. The van der Waals surface area contributed by atoms with E-state index in [9.17, 15) is 9.59 Å². The van der Waals surface area contributed by atoms with E-state index in [4.69, 9.17) is 0 Å². The molecule has 0 aromatic carbocycles. The predicted molar refractivity (Wildman–Crippen MR) is 120 cm³/mol. The fraction of sp³-hybridized carbons (Fsp3) is 0.667. The normalized spacial score (nSPS) is 31.4. The van der Waals surface area contributed by atoms with Crippen molar-refractivity contribution < 1.29 is 9.59 Å². The van der Waals surface area contributed by atoms with E-state index in [2.05, 4.69) is 41.6 Å². The maximum Gasteiger partial charge on any atom is 0.256 e. The lowest BCUT2D eigenvalue weighted by molar-refractivity contribution is -0.121. The third-order valence-electron chi connectivity index (χ3n) is 7.71. The highest BCUT2D eigenvalue weighted by molar-refractivity contribution is 5.97. The van der Waals surface area contributed by atoms with Crippen molar-refractivity contribution in [1.29, 1.82) is 0 Å². The first-order valence-corrected chi connectivity index (χ1v) is 11.8. The molecule has 5 atom stereocenters. The number of amides is 2. The van der Waals surface area contributed by atoms with Crippen molar-refractivity contribution in [2.24, 2.45) is 17.8 Å². The number of nitrogens with one attached hydrogen (secondary N) is 2. The molecule has 2 N–H and O–H groups in total. The van der Waals surface area contributed by atoms with Crippen LogP contribution in [0.2, 0.25) is 0 Å². The van der Waals surface area contributed by atoms with Crippen LogP contribution in [0.4, 0.5) is 0 Å². The van der Waals surface area contributed by atoms with Gasteiger partial charge in [0.1, 0.15) is 5.56 Å². The van der Waals surface area contributed by atoms with Crippen LogP contribution >= 0.6 is 0 Å². The van der Waals surface area contributed by atoms with Gasteiger partial charge < -0.3 is 10.6 Å². The monoisotopic (exact) mass is 438 g/mol. The van der Waals surface area contributed by atoms with Gasteiger partial charge in [0.15, 0.2) is 5.82 Å². The number of carbonyl (C=O) groups is 2. The van der Waals surface area contributed by atoms with E-state index in [1.807, 2.05) is 16.9 Å². The van der Waals surface area contributed by atoms with E-state index in [0.717, 1.165) is 32.1 Å². The van der Waals surface area contributed by atoms with E-state index in [-0.39, 0.29) is 28.9 Å². The van der Waals surface area contributed by atoms with Gasteiger partial charge >= 0.3 is 0 Å². The zero-order valence-corrected chi connectivity index (χ0v) is 19.5. The second-order valence-electron chi connectivity index (χ2n) is 11.2. The van der Waals surface area contributed by atoms with Crippen LogP contribution in [0.5, 0.6) is 0 Å². The van der Waals surface area contributed by atoms with Gasteiger partial charge in [-0.1, -0.05) is 0 Å². The maximum atomic E-state index is 13.5. The molecule has 3 aliphatic rings. The fourth-order valence-corrected chi connectivity index (χ4v) is 6.72. The Bertz CT molecular complexity index is 1020. The molecule has 0 aliphatic heterocycles.